The minimum atomic E-state index is -0.0370. The van der Waals surface area contributed by atoms with Crippen LogP contribution >= 0.6 is 15.9 Å². The van der Waals surface area contributed by atoms with Gasteiger partial charge in [-0.05, 0) is 46.6 Å². The Hall–Kier alpha value is -1.62. The molecule has 94 valence electrons. The molecule has 0 bridgehead atoms. The lowest BCUT2D eigenvalue weighted by Gasteiger charge is -2.24. The normalized spacial score (nSPS) is 12.2. The number of nitrogens with zero attached hydrogens (tertiary/aromatic N) is 2. The molecular formula is C13H14BrN3O. The summed E-state index contributed by atoms with van der Waals surface area (Å²) in [6, 6.07) is 5.61. The lowest BCUT2D eigenvalue weighted by Crippen LogP contribution is -2.29. The largest absolute Gasteiger partial charge is 0.356 e. The molecule has 1 unspecified atom stereocenters. The molecule has 0 saturated heterocycles. The maximum absolute atomic E-state index is 12.2. The molecule has 5 heteroatoms. The van der Waals surface area contributed by atoms with Gasteiger partial charge in [0, 0.05) is 30.1 Å². The summed E-state index contributed by atoms with van der Waals surface area (Å²) in [5, 5.41) is 0. The molecule has 2 aromatic rings. The zero-order valence-electron chi connectivity index (χ0n) is 10.2. The first-order valence-corrected chi connectivity index (χ1v) is 6.40. The van der Waals surface area contributed by atoms with Crippen LogP contribution in [0.5, 0.6) is 0 Å². The van der Waals surface area contributed by atoms with Crippen molar-refractivity contribution in [1.82, 2.24) is 14.9 Å². The second-order valence-corrected chi connectivity index (χ2v) is 5.02. The molecule has 0 aliphatic carbocycles. The summed E-state index contributed by atoms with van der Waals surface area (Å²) in [6.45, 7) is 1.99. The summed E-state index contributed by atoms with van der Waals surface area (Å²) in [4.78, 5) is 20.9. The average Bonchev–Trinajstić information content (AvgIpc) is 2.84. The molecule has 2 heterocycles. The Morgan fingerprint density at radius 2 is 2.11 bits per heavy atom. The van der Waals surface area contributed by atoms with Gasteiger partial charge in [0.1, 0.15) is 5.69 Å². The van der Waals surface area contributed by atoms with Crippen molar-refractivity contribution >= 4 is 21.8 Å². The highest BCUT2D eigenvalue weighted by atomic mass is 79.9. The third-order valence-electron chi connectivity index (χ3n) is 2.97. The van der Waals surface area contributed by atoms with E-state index in [9.17, 15) is 4.79 Å². The van der Waals surface area contributed by atoms with E-state index >= 15 is 0 Å². The van der Waals surface area contributed by atoms with Gasteiger partial charge in [-0.3, -0.25) is 9.78 Å². The van der Waals surface area contributed by atoms with Crippen LogP contribution in [0.4, 0.5) is 0 Å². The zero-order valence-corrected chi connectivity index (χ0v) is 11.8. The van der Waals surface area contributed by atoms with E-state index in [1.807, 2.05) is 19.1 Å². The molecule has 0 spiro atoms. The molecule has 0 saturated carbocycles. The first kappa shape index (κ1) is 12.8. The monoisotopic (exact) mass is 307 g/mol. The van der Waals surface area contributed by atoms with Crippen molar-refractivity contribution in [3.05, 3.63) is 52.5 Å². The lowest BCUT2D eigenvalue weighted by molar-refractivity contribution is 0.0737. The number of aromatic nitrogens is 2. The Bertz CT molecular complexity index is 538. The fourth-order valence-corrected chi connectivity index (χ4v) is 2.07. The van der Waals surface area contributed by atoms with Crippen LogP contribution in [0.25, 0.3) is 0 Å². The maximum atomic E-state index is 12.2. The fourth-order valence-electron chi connectivity index (χ4n) is 1.72. The number of carbonyl (C=O) groups excluding carboxylic acids is 1. The van der Waals surface area contributed by atoms with Crippen LogP contribution in [0.2, 0.25) is 0 Å². The van der Waals surface area contributed by atoms with Gasteiger partial charge in [0.2, 0.25) is 0 Å². The highest BCUT2D eigenvalue weighted by molar-refractivity contribution is 9.10. The van der Waals surface area contributed by atoms with Gasteiger partial charge in [-0.2, -0.15) is 0 Å². The molecule has 2 rings (SSSR count). The van der Waals surface area contributed by atoms with Gasteiger partial charge < -0.3 is 9.88 Å². The molecule has 1 atom stereocenters. The summed E-state index contributed by atoms with van der Waals surface area (Å²) in [7, 11) is 1.79. The van der Waals surface area contributed by atoms with Gasteiger partial charge in [-0.1, -0.05) is 0 Å². The standard InChI is InChI=1S/C13H14BrN3O/c1-9(10-3-5-15-6-4-10)17(2)13(18)12-7-11(14)8-16-12/h3-9,16H,1-2H3. The number of amides is 1. The molecule has 0 aliphatic rings. The van der Waals surface area contributed by atoms with E-state index in [-0.39, 0.29) is 11.9 Å². The van der Waals surface area contributed by atoms with E-state index in [1.54, 1.807) is 36.6 Å². The molecule has 1 N–H and O–H groups in total. The number of aromatic amines is 1. The van der Waals surface area contributed by atoms with Crippen LogP contribution in [0, 0.1) is 0 Å². The summed E-state index contributed by atoms with van der Waals surface area (Å²) < 4.78 is 0.871. The second kappa shape index (κ2) is 5.35. The molecule has 2 aromatic heterocycles. The lowest BCUT2D eigenvalue weighted by atomic mass is 10.1. The number of H-pyrrole nitrogens is 1. The Morgan fingerprint density at radius 3 is 2.67 bits per heavy atom. The Morgan fingerprint density at radius 1 is 1.44 bits per heavy atom. The van der Waals surface area contributed by atoms with Crippen molar-refractivity contribution in [2.45, 2.75) is 13.0 Å². The Balaban J connectivity index is 2.16. The fraction of sp³-hybridized carbons (Fsp3) is 0.231. The van der Waals surface area contributed by atoms with Crippen LogP contribution in [-0.2, 0) is 0 Å². The van der Waals surface area contributed by atoms with E-state index in [1.165, 1.54) is 0 Å². The Kier molecular flexibility index (Phi) is 3.81. The average molecular weight is 308 g/mol. The number of carbonyl (C=O) groups is 1. The van der Waals surface area contributed by atoms with Crippen LogP contribution in [0.3, 0.4) is 0 Å². The minimum absolute atomic E-state index is 0.00238. The number of hydrogen-bond donors (Lipinski definition) is 1. The first-order chi connectivity index (χ1) is 8.59. The van der Waals surface area contributed by atoms with Crippen molar-refractivity contribution in [2.24, 2.45) is 0 Å². The van der Waals surface area contributed by atoms with E-state index in [0.29, 0.717) is 5.69 Å². The summed E-state index contributed by atoms with van der Waals surface area (Å²) in [6.07, 6.45) is 5.21. The van der Waals surface area contributed by atoms with Crippen molar-refractivity contribution in [3.63, 3.8) is 0 Å². The topological polar surface area (TPSA) is 49.0 Å². The molecule has 18 heavy (non-hydrogen) atoms. The predicted octanol–water partition coefficient (Wildman–Crippen LogP) is 3.01. The highest BCUT2D eigenvalue weighted by Gasteiger charge is 2.19. The van der Waals surface area contributed by atoms with Crippen LogP contribution in [0.1, 0.15) is 29.0 Å². The SMILES string of the molecule is CC(c1ccncc1)N(C)C(=O)c1cc(Br)c[nH]1. The molecule has 0 aromatic carbocycles. The van der Waals surface area contributed by atoms with Crippen molar-refractivity contribution in [2.75, 3.05) is 7.05 Å². The quantitative estimate of drug-likeness (QED) is 0.947. The summed E-state index contributed by atoms with van der Waals surface area (Å²) in [5.74, 6) is -0.0370. The number of nitrogens with one attached hydrogen (secondary N) is 1. The number of hydrogen-bond acceptors (Lipinski definition) is 2. The van der Waals surface area contributed by atoms with Crippen molar-refractivity contribution in [1.29, 1.82) is 0 Å². The van der Waals surface area contributed by atoms with E-state index in [2.05, 4.69) is 25.9 Å². The smallest absolute Gasteiger partial charge is 0.270 e. The van der Waals surface area contributed by atoms with Crippen molar-refractivity contribution < 1.29 is 4.79 Å². The Labute approximate surface area is 114 Å². The van der Waals surface area contributed by atoms with Crippen LogP contribution < -0.4 is 0 Å². The van der Waals surface area contributed by atoms with Crippen molar-refractivity contribution in [3.8, 4) is 0 Å². The third-order valence-corrected chi connectivity index (χ3v) is 3.43. The number of halogens is 1. The van der Waals surface area contributed by atoms with Crippen LogP contribution in [-0.4, -0.2) is 27.8 Å². The number of pyridine rings is 1. The number of rotatable bonds is 3. The molecule has 0 radical (unpaired) electrons. The molecule has 0 aliphatic heterocycles. The van der Waals surface area contributed by atoms with Gasteiger partial charge in [0.15, 0.2) is 0 Å². The molecule has 1 amide bonds. The molecule has 0 fully saturated rings. The summed E-state index contributed by atoms with van der Waals surface area (Å²) in [5.41, 5.74) is 1.64. The van der Waals surface area contributed by atoms with Gasteiger partial charge in [0.05, 0.1) is 6.04 Å². The third kappa shape index (κ3) is 2.61. The van der Waals surface area contributed by atoms with Gasteiger partial charge >= 0.3 is 0 Å². The molecule has 4 nitrogen and oxygen atoms in total. The minimum Gasteiger partial charge on any atom is -0.356 e. The second-order valence-electron chi connectivity index (χ2n) is 4.10. The zero-order chi connectivity index (χ0) is 13.1. The van der Waals surface area contributed by atoms with Gasteiger partial charge in [-0.15, -0.1) is 0 Å². The highest BCUT2D eigenvalue weighted by Crippen LogP contribution is 2.20. The van der Waals surface area contributed by atoms with E-state index in [4.69, 9.17) is 0 Å². The van der Waals surface area contributed by atoms with Gasteiger partial charge in [-0.25, -0.2) is 0 Å². The first-order valence-electron chi connectivity index (χ1n) is 5.60. The van der Waals surface area contributed by atoms with E-state index < -0.39 is 0 Å². The predicted molar refractivity (Wildman–Crippen MR) is 73.2 cm³/mol. The van der Waals surface area contributed by atoms with Gasteiger partial charge in [0.25, 0.3) is 5.91 Å². The van der Waals surface area contributed by atoms with Crippen LogP contribution in [0.15, 0.2) is 41.3 Å². The maximum Gasteiger partial charge on any atom is 0.270 e. The van der Waals surface area contributed by atoms with E-state index in [0.717, 1.165) is 10.0 Å². The summed E-state index contributed by atoms with van der Waals surface area (Å²) >= 11 is 3.32. The molecular weight excluding hydrogens is 294 g/mol.